The third-order valence-corrected chi connectivity index (χ3v) is 4.05. The van der Waals surface area contributed by atoms with Gasteiger partial charge in [0.15, 0.2) is 0 Å². The summed E-state index contributed by atoms with van der Waals surface area (Å²) in [6, 6.07) is 15.7. The number of hydrogen-bond donors (Lipinski definition) is 2. The molecule has 0 aliphatic rings. The molecule has 0 heterocycles. The molecule has 0 fully saturated rings. The first kappa shape index (κ1) is 21.9. The molecule has 29 heavy (non-hydrogen) atoms. The fourth-order valence-corrected chi connectivity index (χ4v) is 2.71. The van der Waals surface area contributed by atoms with E-state index < -0.39 is 0 Å². The third-order valence-electron chi connectivity index (χ3n) is 4.05. The normalized spacial score (nSPS) is 10.3. The van der Waals surface area contributed by atoms with Crippen LogP contribution in [0.1, 0.15) is 24.2 Å². The van der Waals surface area contributed by atoms with E-state index in [1.165, 1.54) is 4.90 Å². The van der Waals surface area contributed by atoms with Crippen molar-refractivity contribution in [2.24, 2.45) is 5.92 Å². The van der Waals surface area contributed by atoms with Crippen LogP contribution in [-0.4, -0.2) is 49.4 Å². The van der Waals surface area contributed by atoms with Gasteiger partial charge in [-0.15, -0.1) is 0 Å². The van der Waals surface area contributed by atoms with Crippen molar-refractivity contribution in [3.63, 3.8) is 0 Å². The number of carbonyl (C=O) groups excluding carboxylic acids is 3. The molecule has 0 saturated carbocycles. The Hall–Kier alpha value is -3.35. The SMILES string of the molecule is COc1ccc(NC(=O)CNC(=O)CN(CC(C)C)C(=O)c2ccccc2)cc1. The summed E-state index contributed by atoms with van der Waals surface area (Å²) in [5, 5.41) is 5.26. The number of nitrogens with zero attached hydrogens (tertiary/aromatic N) is 1. The molecule has 0 aliphatic heterocycles. The van der Waals surface area contributed by atoms with Gasteiger partial charge in [0.25, 0.3) is 5.91 Å². The summed E-state index contributed by atoms with van der Waals surface area (Å²) in [7, 11) is 1.56. The molecule has 0 saturated heterocycles. The molecule has 7 nitrogen and oxygen atoms in total. The first-order valence-electron chi connectivity index (χ1n) is 9.44. The maximum atomic E-state index is 12.7. The zero-order valence-electron chi connectivity index (χ0n) is 17.0. The quantitative estimate of drug-likeness (QED) is 0.681. The van der Waals surface area contributed by atoms with Crippen molar-refractivity contribution in [1.82, 2.24) is 10.2 Å². The lowest BCUT2D eigenvalue weighted by Crippen LogP contribution is -2.44. The Morgan fingerprint density at radius 1 is 0.966 bits per heavy atom. The molecule has 2 rings (SSSR count). The van der Waals surface area contributed by atoms with Crippen LogP contribution in [0.2, 0.25) is 0 Å². The smallest absolute Gasteiger partial charge is 0.254 e. The zero-order chi connectivity index (χ0) is 21.2. The summed E-state index contributed by atoms with van der Waals surface area (Å²) >= 11 is 0. The summed E-state index contributed by atoms with van der Waals surface area (Å²) in [6.45, 7) is 4.11. The highest BCUT2D eigenvalue weighted by Crippen LogP contribution is 2.14. The van der Waals surface area contributed by atoms with Gasteiger partial charge in [-0.1, -0.05) is 32.0 Å². The third kappa shape index (κ3) is 7.29. The molecule has 0 aromatic heterocycles. The lowest BCUT2D eigenvalue weighted by atomic mass is 10.1. The van der Waals surface area contributed by atoms with E-state index in [4.69, 9.17) is 4.74 Å². The number of benzene rings is 2. The molecule has 0 radical (unpaired) electrons. The minimum atomic E-state index is -0.389. The second-order valence-electron chi connectivity index (χ2n) is 7.00. The van der Waals surface area contributed by atoms with E-state index in [9.17, 15) is 14.4 Å². The zero-order valence-corrected chi connectivity index (χ0v) is 17.0. The average Bonchev–Trinajstić information content (AvgIpc) is 2.72. The van der Waals surface area contributed by atoms with Crippen molar-refractivity contribution in [3.8, 4) is 5.75 Å². The molecular formula is C22H27N3O4. The molecule has 2 aromatic carbocycles. The molecule has 0 spiro atoms. The lowest BCUT2D eigenvalue weighted by Gasteiger charge is -2.24. The average molecular weight is 397 g/mol. The highest BCUT2D eigenvalue weighted by atomic mass is 16.5. The Bertz CT molecular complexity index is 820. The van der Waals surface area contributed by atoms with Gasteiger partial charge in [-0.05, 0) is 42.3 Å². The van der Waals surface area contributed by atoms with Crippen LogP contribution in [0.25, 0.3) is 0 Å². The first-order chi connectivity index (χ1) is 13.9. The van der Waals surface area contributed by atoms with Gasteiger partial charge in [0.1, 0.15) is 5.75 Å². The fraction of sp³-hybridized carbons (Fsp3) is 0.318. The predicted octanol–water partition coefficient (Wildman–Crippen LogP) is 2.55. The van der Waals surface area contributed by atoms with Crippen molar-refractivity contribution in [1.29, 1.82) is 0 Å². The molecule has 3 amide bonds. The molecule has 0 bridgehead atoms. The van der Waals surface area contributed by atoms with E-state index in [1.54, 1.807) is 55.6 Å². The van der Waals surface area contributed by atoms with Crippen molar-refractivity contribution < 1.29 is 19.1 Å². The fourth-order valence-electron chi connectivity index (χ4n) is 2.71. The topological polar surface area (TPSA) is 87.7 Å². The minimum Gasteiger partial charge on any atom is -0.497 e. The van der Waals surface area contributed by atoms with Crippen molar-refractivity contribution in [2.75, 3.05) is 32.1 Å². The Morgan fingerprint density at radius 2 is 1.62 bits per heavy atom. The van der Waals surface area contributed by atoms with Crippen LogP contribution in [0.4, 0.5) is 5.69 Å². The Balaban J connectivity index is 1.88. The summed E-state index contributed by atoms with van der Waals surface area (Å²) in [4.78, 5) is 38.6. The van der Waals surface area contributed by atoms with E-state index >= 15 is 0 Å². The summed E-state index contributed by atoms with van der Waals surface area (Å²) in [5.74, 6) is -0.0660. The van der Waals surface area contributed by atoms with Crippen LogP contribution in [0.3, 0.4) is 0 Å². The van der Waals surface area contributed by atoms with Crippen LogP contribution in [0.15, 0.2) is 54.6 Å². The number of methoxy groups -OCH3 is 1. The maximum absolute atomic E-state index is 12.7. The molecule has 0 atom stereocenters. The predicted molar refractivity (Wildman–Crippen MR) is 112 cm³/mol. The molecule has 0 aliphatic carbocycles. The lowest BCUT2D eigenvalue weighted by molar-refractivity contribution is -0.124. The molecule has 7 heteroatoms. The van der Waals surface area contributed by atoms with Crippen LogP contribution in [0, 0.1) is 5.92 Å². The number of rotatable bonds is 9. The summed E-state index contributed by atoms with van der Waals surface area (Å²) < 4.78 is 5.07. The molecule has 2 aromatic rings. The molecular weight excluding hydrogens is 370 g/mol. The van der Waals surface area contributed by atoms with Gasteiger partial charge in [-0.25, -0.2) is 0 Å². The monoisotopic (exact) mass is 397 g/mol. The highest BCUT2D eigenvalue weighted by Gasteiger charge is 2.20. The number of ether oxygens (including phenoxy) is 1. The Labute approximate surface area is 171 Å². The second-order valence-corrected chi connectivity index (χ2v) is 7.00. The van der Waals surface area contributed by atoms with Crippen molar-refractivity contribution in [3.05, 3.63) is 60.2 Å². The summed E-state index contributed by atoms with van der Waals surface area (Å²) in [5.41, 5.74) is 1.13. The number of hydrogen-bond acceptors (Lipinski definition) is 4. The van der Waals surface area contributed by atoms with E-state index in [0.29, 0.717) is 23.5 Å². The molecule has 0 unspecified atom stereocenters. The van der Waals surface area contributed by atoms with E-state index in [-0.39, 0.29) is 36.7 Å². The van der Waals surface area contributed by atoms with E-state index in [0.717, 1.165) is 0 Å². The first-order valence-corrected chi connectivity index (χ1v) is 9.44. The maximum Gasteiger partial charge on any atom is 0.254 e. The number of anilines is 1. The van der Waals surface area contributed by atoms with Crippen molar-refractivity contribution >= 4 is 23.4 Å². The Kier molecular flexibility index (Phi) is 8.21. The summed E-state index contributed by atoms with van der Waals surface area (Å²) in [6.07, 6.45) is 0. The van der Waals surface area contributed by atoms with Gasteiger partial charge in [-0.2, -0.15) is 0 Å². The van der Waals surface area contributed by atoms with Gasteiger partial charge in [0.2, 0.25) is 11.8 Å². The Morgan fingerprint density at radius 3 is 2.21 bits per heavy atom. The van der Waals surface area contributed by atoms with Crippen LogP contribution in [-0.2, 0) is 9.59 Å². The van der Waals surface area contributed by atoms with Gasteiger partial charge in [-0.3, -0.25) is 14.4 Å². The number of nitrogens with one attached hydrogen (secondary N) is 2. The number of carbonyl (C=O) groups is 3. The second kappa shape index (κ2) is 10.8. The minimum absolute atomic E-state index is 0.109. The van der Waals surface area contributed by atoms with Crippen LogP contribution < -0.4 is 15.4 Å². The van der Waals surface area contributed by atoms with E-state index in [2.05, 4.69) is 10.6 Å². The number of amides is 3. The standard InChI is InChI=1S/C22H27N3O4/c1-16(2)14-25(22(28)17-7-5-4-6-8-17)15-21(27)23-13-20(26)24-18-9-11-19(29-3)12-10-18/h4-12,16H,13-15H2,1-3H3,(H,23,27)(H,24,26). The van der Waals surface area contributed by atoms with Crippen LogP contribution in [0.5, 0.6) is 5.75 Å². The van der Waals surface area contributed by atoms with Gasteiger partial charge in [0.05, 0.1) is 20.2 Å². The van der Waals surface area contributed by atoms with Gasteiger partial charge in [0, 0.05) is 17.8 Å². The van der Waals surface area contributed by atoms with E-state index in [1.807, 2.05) is 19.9 Å². The molecule has 154 valence electrons. The molecule has 2 N–H and O–H groups in total. The largest absolute Gasteiger partial charge is 0.497 e. The highest BCUT2D eigenvalue weighted by molar-refractivity contribution is 5.98. The van der Waals surface area contributed by atoms with Crippen molar-refractivity contribution in [2.45, 2.75) is 13.8 Å². The van der Waals surface area contributed by atoms with Crippen LogP contribution >= 0.6 is 0 Å². The van der Waals surface area contributed by atoms with Gasteiger partial charge < -0.3 is 20.3 Å². The van der Waals surface area contributed by atoms with Gasteiger partial charge >= 0.3 is 0 Å².